The summed E-state index contributed by atoms with van der Waals surface area (Å²) in [6, 6.07) is 8.27. The lowest BCUT2D eigenvalue weighted by atomic mass is 10.3. The van der Waals surface area contributed by atoms with E-state index < -0.39 is 9.84 Å². The third-order valence-corrected chi connectivity index (χ3v) is 6.09. The number of nitrogen functional groups attached to an aromatic ring is 1. The van der Waals surface area contributed by atoms with Gasteiger partial charge in [-0.05, 0) is 36.8 Å². The molecule has 2 rings (SSSR count). The molecular formula is C13H14ClNO2S2. The molecule has 19 heavy (non-hydrogen) atoms. The van der Waals surface area contributed by atoms with Gasteiger partial charge in [0.1, 0.15) is 0 Å². The summed E-state index contributed by atoms with van der Waals surface area (Å²) >= 11 is 7.29. The minimum atomic E-state index is -3.43. The maximum Gasteiger partial charge on any atom is 0.185 e. The Morgan fingerprint density at radius 3 is 2.47 bits per heavy atom. The van der Waals surface area contributed by atoms with Crippen LogP contribution < -0.4 is 5.73 Å². The van der Waals surface area contributed by atoms with Crippen molar-refractivity contribution in [3.8, 4) is 0 Å². The molecule has 3 nitrogen and oxygen atoms in total. The Morgan fingerprint density at radius 1 is 1.21 bits per heavy atom. The van der Waals surface area contributed by atoms with Crippen LogP contribution in [0.25, 0.3) is 0 Å². The second-order valence-electron chi connectivity index (χ2n) is 4.16. The highest BCUT2D eigenvalue weighted by Gasteiger charge is 2.19. The van der Waals surface area contributed by atoms with Crippen molar-refractivity contribution in [3.63, 3.8) is 0 Å². The van der Waals surface area contributed by atoms with Crippen LogP contribution in [-0.4, -0.2) is 8.42 Å². The molecule has 0 aliphatic heterocycles. The summed E-state index contributed by atoms with van der Waals surface area (Å²) < 4.78 is 24.6. The SMILES string of the molecule is CCc1ccc(CS(=O)(=O)c2ccc(Cl)cc2N)s1. The standard InChI is InChI=1S/C13H14ClNO2S2/c1-2-10-4-5-11(18-10)8-19(16,17)13-6-3-9(14)7-12(13)15/h3-7H,2,8,15H2,1H3. The fourth-order valence-electron chi connectivity index (χ4n) is 1.76. The first-order chi connectivity index (χ1) is 8.92. The summed E-state index contributed by atoms with van der Waals surface area (Å²) in [6.45, 7) is 2.04. The number of aryl methyl sites for hydroxylation is 1. The van der Waals surface area contributed by atoms with Crippen LogP contribution in [0.1, 0.15) is 16.7 Å². The number of sulfone groups is 1. The summed E-state index contributed by atoms with van der Waals surface area (Å²) in [5.74, 6) is -0.0243. The normalized spacial score (nSPS) is 11.7. The highest BCUT2D eigenvalue weighted by molar-refractivity contribution is 7.91. The number of rotatable bonds is 4. The van der Waals surface area contributed by atoms with Gasteiger partial charge in [-0.2, -0.15) is 0 Å². The van der Waals surface area contributed by atoms with E-state index in [0.29, 0.717) is 5.02 Å². The number of halogens is 1. The summed E-state index contributed by atoms with van der Waals surface area (Å²) in [7, 11) is -3.43. The Hall–Kier alpha value is -1.04. The molecule has 0 aliphatic carbocycles. The van der Waals surface area contributed by atoms with Crippen LogP contribution in [0, 0.1) is 0 Å². The van der Waals surface area contributed by atoms with Gasteiger partial charge in [0.05, 0.1) is 16.3 Å². The maximum absolute atomic E-state index is 12.3. The van der Waals surface area contributed by atoms with Crippen LogP contribution in [-0.2, 0) is 22.0 Å². The van der Waals surface area contributed by atoms with Gasteiger partial charge in [0.15, 0.2) is 9.84 Å². The Morgan fingerprint density at radius 2 is 1.89 bits per heavy atom. The largest absolute Gasteiger partial charge is 0.398 e. The fraction of sp³-hybridized carbons (Fsp3) is 0.231. The molecule has 1 heterocycles. The predicted octanol–water partition coefficient (Wildman–Crippen LogP) is 3.52. The molecule has 0 saturated carbocycles. The lowest BCUT2D eigenvalue weighted by Crippen LogP contribution is -2.07. The van der Waals surface area contributed by atoms with Crippen molar-refractivity contribution in [3.05, 3.63) is 45.1 Å². The van der Waals surface area contributed by atoms with Gasteiger partial charge < -0.3 is 5.73 Å². The molecule has 0 spiro atoms. The average Bonchev–Trinajstić information content (AvgIpc) is 2.75. The van der Waals surface area contributed by atoms with Crippen molar-refractivity contribution < 1.29 is 8.42 Å². The van der Waals surface area contributed by atoms with Gasteiger partial charge >= 0.3 is 0 Å². The first-order valence-corrected chi connectivity index (χ1v) is 8.62. The molecule has 0 bridgehead atoms. The number of thiophene rings is 1. The second kappa shape index (κ2) is 5.53. The molecule has 0 aliphatic rings. The van der Waals surface area contributed by atoms with Gasteiger partial charge in [0, 0.05) is 14.8 Å². The summed E-state index contributed by atoms with van der Waals surface area (Å²) in [4.78, 5) is 2.14. The summed E-state index contributed by atoms with van der Waals surface area (Å²) in [6.07, 6.45) is 0.911. The molecule has 2 aromatic rings. The molecule has 0 unspecified atom stereocenters. The first-order valence-electron chi connectivity index (χ1n) is 5.77. The topological polar surface area (TPSA) is 60.2 Å². The van der Waals surface area contributed by atoms with Crippen LogP contribution >= 0.6 is 22.9 Å². The first kappa shape index (κ1) is 14.4. The Bertz CT molecular complexity index is 692. The zero-order valence-electron chi connectivity index (χ0n) is 10.4. The highest BCUT2D eigenvalue weighted by Crippen LogP contribution is 2.27. The zero-order chi connectivity index (χ0) is 14.0. The van der Waals surface area contributed by atoms with E-state index in [0.717, 1.165) is 11.3 Å². The van der Waals surface area contributed by atoms with E-state index in [2.05, 4.69) is 0 Å². The van der Waals surface area contributed by atoms with Crippen LogP contribution in [0.15, 0.2) is 35.2 Å². The zero-order valence-corrected chi connectivity index (χ0v) is 12.8. The van der Waals surface area contributed by atoms with E-state index >= 15 is 0 Å². The number of benzene rings is 1. The van der Waals surface area contributed by atoms with Crippen LogP contribution in [0.3, 0.4) is 0 Å². The monoisotopic (exact) mass is 315 g/mol. The van der Waals surface area contributed by atoms with Gasteiger partial charge in [-0.25, -0.2) is 8.42 Å². The molecule has 1 aromatic carbocycles. The van der Waals surface area contributed by atoms with Crippen molar-refractivity contribution >= 4 is 38.5 Å². The molecular weight excluding hydrogens is 302 g/mol. The minimum absolute atomic E-state index is 0.0243. The highest BCUT2D eigenvalue weighted by atomic mass is 35.5. The van der Waals surface area contributed by atoms with Gasteiger partial charge in [0.25, 0.3) is 0 Å². The smallest absolute Gasteiger partial charge is 0.185 e. The summed E-state index contributed by atoms with van der Waals surface area (Å²) in [5, 5.41) is 0.431. The number of hydrogen-bond donors (Lipinski definition) is 1. The van der Waals surface area contributed by atoms with Crippen molar-refractivity contribution in [1.82, 2.24) is 0 Å². The van der Waals surface area contributed by atoms with Gasteiger partial charge in [-0.1, -0.05) is 18.5 Å². The van der Waals surface area contributed by atoms with Crippen molar-refractivity contribution in [2.24, 2.45) is 0 Å². The minimum Gasteiger partial charge on any atom is -0.398 e. The molecule has 2 N–H and O–H groups in total. The van der Waals surface area contributed by atoms with Crippen LogP contribution in [0.4, 0.5) is 5.69 Å². The average molecular weight is 316 g/mol. The molecule has 0 saturated heterocycles. The van der Waals surface area contributed by atoms with E-state index in [1.54, 1.807) is 0 Å². The van der Waals surface area contributed by atoms with Gasteiger partial charge in [-0.3, -0.25) is 0 Å². The Labute approximate surface area is 121 Å². The molecule has 102 valence electrons. The van der Waals surface area contributed by atoms with E-state index in [1.807, 2.05) is 19.1 Å². The lowest BCUT2D eigenvalue weighted by Gasteiger charge is -2.06. The predicted molar refractivity (Wildman–Crippen MR) is 80.5 cm³/mol. The van der Waals surface area contributed by atoms with Crippen LogP contribution in [0.5, 0.6) is 0 Å². The number of nitrogens with two attached hydrogens (primary N) is 1. The summed E-state index contributed by atoms with van der Waals surface area (Å²) in [5.41, 5.74) is 5.93. The van der Waals surface area contributed by atoms with E-state index in [9.17, 15) is 8.42 Å². The van der Waals surface area contributed by atoms with Crippen molar-refractivity contribution in [1.29, 1.82) is 0 Å². The second-order valence-corrected chi connectivity index (χ2v) is 7.81. The van der Waals surface area contributed by atoms with Crippen LogP contribution in [0.2, 0.25) is 5.02 Å². The van der Waals surface area contributed by atoms with Gasteiger partial charge in [0.2, 0.25) is 0 Å². The Kier molecular flexibility index (Phi) is 4.18. The number of anilines is 1. The van der Waals surface area contributed by atoms with Gasteiger partial charge in [-0.15, -0.1) is 11.3 Å². The quantitative estimate of drug-likeness (QED) is 0.878. The van der Waals surface area contributed by atoms with Crippen molar-refractivity contribution in [2.75, 3.05) is 5.73 Å². The van der Waals surface area contributed by atoms with E-state index in [4.69, 9.17) is 17.3 Å². The van der Waals surface area contributed by atoms with E-state index in [1.165, 1.54) is 34.4 Å². The lowest BCUT2D eigenvalue weighted by molar-refractivity contribution is 0.596. The molecule has 0 amide bonds. The fourth-order valence-corrected chi connectivity index (χ4v) is 4.71. The molecule has 1 aromatic heterocycles. The van der Waals surface area contributed by atoms with Crippen molar-refractivity contribution in [2.45, 2.75) is 24.0 Å². The van der Waals surface area contributed by atoms with E-state index in [-0.39, 0.29) is 16.3 Å². The third-order valence-electron chi connectivity index (χ3n) is 2.70. The number of hydrogen-bond acceptors (Lipinski definition) is 4. The molecule has 0 fully saturated rings. The molecule has 0 radical (unpaired) electrons. The third kappa shape index (κ3) is 3.29. The molecule has 0 atom stereocenters. The molecule has 6 heteroatoms. The Balaban J connectivity index is 2.32. The maximum atomic E-state index is 12.3.